The summed E-state index contributed by atoms with van der Waals surface area (Å²) in [4.78, 5) is 0. The van der Waals surface area contributed by atoms with Crippen LogP contribution in [-0.2, 0) is 6.42 Å². The van der Waals surface area contributed by atoms with Crippen molar-refractivity contribution in [1.82, 2.24) is 0 Å². The average molecular weight is 251 g/mol. The standard InChI is InChI=1S/C14H15F2NO/c1-18-13-7-6-10(8-14(15,16)9-17)11-4-2-3-5-12(11)13/h2-7H,8-9,17H2,1H3. The minimum Gasteiger partial charge on any atom is -0.496 e. The molecule has 2 rings (SSSR count). The van der Waals surface area contributed by atoms with Crippen LogP contribution in [0, 0.1) is 0 Å². The lowest BCUT2D eigenvalue weighted by Crippen LogP contribution is -2.30. The highest BCUT2D eigenvalue weighted by Crippen LogP contribution is 2.31. The van der Waals surface area contributed by atoms with Crippen LogP contribution in [0.3, 0.4) is 0 Å². The summed E-state index contributed by atoms with van der Waals surface area (Å²) in [5.41, 5.74) is 5.66. The largest absolute Gasteiger partial charge is 0.496 e. The van der Waals surface area contributed by atoms with E-state index >= 15 is 0 Å². The first-order valence-electron chi connectivity index (χ1n) is 5.70. The van der Waals surface area contributed by atoms with E-state index in [1.807, 2.05) is 24.3 Å². The number of methoxy groups -OCH3 is 1. The van der Waals surface area contributed by atoms with Crippen LogP contribution in [-0.4, -0.2) is 19.6 Å². The van der Waals surface area contributed by atoms with Crippen LogP contribution >= 0.6 is 0 Å². The normalized spacial score (nSPS) is 11.8. The van der Waals surface area contributed by atoms with Gasteiger partial charge in [-0.1, -0.05) is 30.3 Å². The Hall–Kier alpha value is -1.68. The molecule has 0 atom stereocenters. The van der Waals surface area contributed by atoms with Crippen molar-refractivity contribution < 1.29 is 13.5 Å². The van der Waals surface area contributed by atoms with Gasteiger partial charge in [-0.05, 0) is 17.0 Å². The molecule has 0 unspecified atom stereocenters. The van der Waals surface area contributed by atoms with Gasteiger partial charge in [0.15, 0.2) is 0 Å². The molecular weight excluding hydrogens is 236 g/mol. The minimum atomic E-state index is -2.88. The summed E-state index contributed by atoms with van der Waals surface area (Å²) in [6.07, 6.45) is -0.353. The van der Waals surface area contributed by atoms with E-state index in [1.165, 1.54) is 0 Å². The van der Waals surface area contributed by atoms with E-state index in [1.54, 1.807) is 19.2 Å². The first-order chi connectivity index (χ1) is 8.57. The fourth-order valence-corrected chi connectivity index (χ4v) is 2.02. The predicted molar refractivity (Wildman–Crippen MR) is 68.2 cm³/mol. The Kier molecular flexibility index (Phi) is 3.48. The topological polar surface area (TPSA) is 35.2 Å². The van der Waals surface area contributed by atoms with Gasteiger partial charge in [0.25, 0.3) is 5.92 Å². The lowest BCUT2D eigenvalue weighted by molar-refractivity contribution is 0.0118. The third-order valence-electron chi connectivity index (χ3n) is 2.94. The predicted octanol–water partition coefficient (Wildman–Crippen LogP) is 2.98. The monoisotopic (exact) mass is 251 g/mol. The molecule has 0 saturated carbocycles. The summed E-state index contributed by atoms with van der Waals surface area (Å²) < 4.78 is 32.0. The molecule has 0 heterocycles. The molecule has 96 valence electrons. The maximum atomic E-state index is 13.4. The Bertz CT molecular complexity index is 554. The number of rotatable bonds is 4. The van der Waals surface area contributed by atoms with Gasteiger partial charge in [-0.25, -0.2) is 8.78 Å². The number of fused-ring (bicyclic) bond motifs is 1. The summed E-state index contributed by atoms with van der Waals surface area (Å²) in [7, 11) is 1.57. The number of hydrogen-bond acceptors (Lipinski definition) is 2. The van der Waals surface area contributed by atoms with Crippen molar-refractivity contribution in [1.29, 1.82) is 0 Å². The van der Waals surface area contributed by atoms with Gasteiger partial charge in [-0.2, -0.15) is 0 Å². The van der Waals surface area contributed by atoms with Gasteiger partial charge in [0.05, 0.1) is 13.7 Å². The summed E-state index contributed by atoms with van der Waals surface area (Å²) in [6, 6.07) is 10.7. The van der Waals surface area contributed by atoms with Gasteiger partial charge in [0.2, 0.25) is 0 Å². The van der Waals surface area contributed by atoms with Crippen LogP contribution < -0.4 is 10.5 Å². The number of halogens is 2. The Morgan fingerprint density at radius 1 is 1.11 bits per heavy atom. The van der Waals surface area contributed by atoms with Gasteiger partial charge >= 0.3 is 0 Å². The highest BCUT2D eigenvalue weighted by Gasteiger charge is 2.28. The highest BCUT2D eigenvalue weighted by atomic mass is 19.3. The van der Waals surface area contributed by atoms with E-state index in [0.717, 1.165) is 10.8 Å². The van der Waals surface area contributed by atoms with Crippen molar-refractivity contribution >= 4 is 10.8 Å². The maximum Gasteiger partial charge on any atom is 0.264 e. The van der Waals surface area contributed by atoms with Gasteiger partial charge in [0.1, 0.15) is 5.75 Å². The fourth-order valence-electron chi connectivity index (χ4n) is 2.02. The lowest BCUT2D eigenvalue weighted by atomic mass is 9.99. The first kappa shape index (κ1) is 12.8. The Morgan fingerprint density at radius 3 is 2.39 bits per heavy atom. The SMILES string of the molecule is COc1ccc(CC(F)(F)CN)c2ccccc12. The van der Waals surface area contributed by atoms with Crippen molar-refractivity contribution in [2.24, 2.45) is 5.73 Å². The molecule has 0 aliphatic carbocycles. The van der Waals surface area contributed by atoms with Crippen LogP contribution in [0.4, 0.5) is 8.78 Å². The zero-order chi connectivity index (χ0) is 13.2. The van der Waals surface area contributed by atoms with Gasteiger partial charge in [-0.15, -0.1) is 0 Å². The molecule has 0 aliphatic rings. The third-order valence-corrected chi connectivity index (χ3v) is 2.94. The number of benzene rings is 2. The minimum absolute atomic E-state index is 0.353. The van der Waals surface area contributed by atoms with Gasteiger partial charge in [0, 0.05) is 11.8 Å². The molecule has 18 heavy (non-hydrogen) atoms. The molecule has 2 N–H and O–H groups in total. The fraction of sp³-hybridized carbons (Fsp3) is 0.286. The smallest absolute Gasteiger partial charge is 0.264 e. The second-order valence-corrected chi connectivity index (χ2v) is 4.21. The van der Waals surface area contributed by atoms with Gasteiger partial charge in [-0.3, -0.25) is 0 Å². The highest BCUT2D eigenvalue weighted by molar-refractivity contribution is 5.91. The van der Waals surface area contributed by atoms with E-state index in [2.05, 4.69) is 0 Å². The Labute approximate surface area is 104 Å². The molecule has 0 aromatic heterocycles. The Balaban J connectivity index is 2.53. The molecule has 2 aromatic carbocycles. The average Bonchev–Trinajstić information content (AvgIpc) is 2.39. The molecule has 0 saturated heterocycles. The zero-order valence-corrected chi connectivity index (χ0v) is 10.1. The van der Waals surface area contributed by atoms with Crippen molar-refractivity contribution in [2.75, 3.05) is 13.7 Å². The molecule has 0 bridgehead atoms. The summed E-state index contributed by atoms with van der Waals surface area (Å²) in [6.45, 7) is -0.645. The summed E-state index contributed by atoms with van der Waals surface area (Å²) in [5.74, 6) is -2.19. The third kappa shape index (κ3) is 2.43. The van der Waals surface area contributed by atoms with Crippen molar-refractivity contribution in [2.45, 2.75) is 12.3 Å². The summed E-state index contributed by atoms with van der Waals surface area (Å²) in [5, 5.41) is 1.62. The van der Waals surface area contributed by atoms with Crippen LogP contribution in [0.1, 0.15) is 5.56 Å². The van der Waals surface area contributed by atoms with Crippen LogP contribution in [0.5, 0.6) is 5.75 Å². The molecule has 2 aromatic rings. The van der Waals surface area contributed by atoms with Crippen molar-refractivity contribution in [3.8, 4) is 5.75 Å². The van der Waals surface area contributed by atoms with Crippen LogP contribution in [0.25, 0.3) is 10.8 Å². The first-order valence-corrected chi connectivity index (χ1v) is 5.70. The molecule has 0 spiro atoms. The number of ether oxygens (including phenoxy) is 1. The maximum absolute atomic E-state index is 13.4. The van der Waals surface area contributed by atoms with E-state index in [0.29, 0.717) is 11.3 Å². The van der Waals surface area contributed by atoms with E-state index in [4.69, 9.17) is 10.5 Å². The zero-order valence-electron chi connectivity index (χ0n) is 10.1. The molecular formula is C14H15F2NO. The molecule has 2 nitrogen and oxygen atoms in total. The second kappa shape index (κ2) is 4.90. The summed E-state index contributed by atoms with van der Waals surface area (Å²) >= 11 is 0. The number of hydrogen-bond donors (Lipinski definition) is 1. The molecule has 0 aliphatic heterocycles. The van der Waals surface area contributed by atoms with Crippen molar-refractivity contribution in [3.63, 3.8) is 0 Å². The second-order valence-electron chi connectivity index (χ2n) is 4.21. The number of alkyl halides is 2. The lowest BCUT2D eigenvalue weighted by Gasteiger charge is -2.16. The van der Waals surface area contributed by atoms with E-state index in [9.17, 15) is 8.78 Å². The molecule has 0 amide bonds. The van der Waals surface area contributed by atoms with Crippen molar-refractivity contribution in [3.05, 3.63) is 42.0 Å². The molecule has 0 radical (unpaired) electrons. The van der Waals surface area contributed by atoms with E-state index in [-0.39, 0.29) is 6.42 Å². The van der Waals surface area contributed by atoms with Gasteiger partial charge < -0.3 is 10.5 Å². The molecule has 4 heteroatoms. The molecule has 0 fully saturated rings. The van der Waals surface area contributed by atoms with Crippen LogP contribution in [0.2, 0.25) is 0 Å². The Morgan fingerprint density at radius 2 is 1.78 bits per heavy atom. The number of nitrogens with two attached hydrogens (primary N) is 1. The van der Waals surface area contributed by atoms with E-state index < -0.39 is 12.5 Å². The van der Waals surface area contributed by atoms with Crippen LogP contribution in [0.15, 0.2) is 36.4 Å². The quantitative estimate of drug-likeness (QED) is 0.906.